The van der Waals surface area contributed by atoms with E-state index in [2.05, 4.69) is 25.8 Å². The Morgan fingerprint density at radius 1 is 1.27 bits per heavy atom. The predicted molar refractivity (Wildman–Crippen MR) is 65.0 cm³/mol. The zero-order valence-corrected chi connectivity index (χ0v) is 10.6. The van der Waals surface area contributed by atoms with Crippen LogP contribution in [0.1, 0.15) is 52.4 Å². The van der Waals surface area contributed by atoms with Gasteiger partial charge < -0.3 is 10.0 Å². The molecule has 0 amide bonds. The van der Waals surface area contributed by atoms with Crippen LogP contribution in [0.5, 0.6) is 0 Å². The molecule has 1 atom stereocenters. The summed E-state index contributed by atoms with van der Waals surface area (Å²) in [7, 11) is 2.19. The molecule has 1 rings (SSSR count). The summed E-state index contributed by atoms with van der Waals surface area (Å²) in [6.45, 7) is 5.94. The molecule has 1 fully saturated rings. The lowest BCUT2D eigenvalue weighted by Gasteiger charge is -2.40. The second-order valence-electron chi connectivity index (χ2n) is 5.39. The average Bonchev–Trinajstić information content (AvgIpc) is 2.29. The first-order chi connectivity index (χ1) is 7.13. The van der Waals surface area contributed by atoms with E-state index in [9.17, 15) is 5.11 Å². The van der Waals surface area contributed by atoms with E-state index in [1.165, 1.54) is 38.5 Å². The molecule has 0 aliphatic heterocycles. The Bertz CT molecular complexity index is 175. The second-order valence-corrected chi connectivity index (χ2v) is 5.39. The van der Waals surface area contributed by atoms with Gasteiger partial charge in [-0.25, -0.2) is 0 Å². The van der Waals surface area contributed by atoms with E-state index in [0.29, 0.717) is 12.6 Å². The second kappa shape index (κ2) is 5.86. The Morgan fingerprint density at radius 3 is 2.33 bits per heavy atom. The highest BCUT2D eigenvalue weighted by Crippen LogP contribution is 2.36. The van der Waals surface area contributed by atoms with Crippen molar-refractivity contribution in [3.63, 3.8) is 0 Å². The van der Waals surface area contributed by atoms with E-state index >= 15 is 0 Å². The van der Waals surface area contributed by atoms with Gasteiger partial charge >= 0.3 is 0 Å². The fourth-order valence-corrected chi connectivity index (χ4v) is 2.66. The maximum absolute atomic E-state index is 9.62. The van der Waals surface area contributed by atoms with Gasteiger partial charge in [0, 0.05) is 24.6 Å². The van der Waals surface area contributed by atoms with Crippen molar-refractivity contribution in [2.24, 2.45) is 5.41 Å². The van der Waals surface area contributed by atoms with Crippen LogP contribution in [0, 0.1) is 5.41 Å². The molecule has 0 aromatic carbocycles. The third kappa shape index (κ3) is 3.46. The molecule has 0 spiro atoms. The summed E-state index contributed by atoms with van der Waals surface area (Å²) in [6.07, 6.45) is 7.57. The van der Waals surface area contributed by atoms with Gasteiger partial charge in [-0.3, -0.25) is 0 Å². The Morgan fingerprint density at radius 2 is 1.87 bits per heavy atom. The van der Waals surface area contributed by atoms with Crippen LogP contribution in [0.25, 0.3) is 0 Å². The smallest absolute Gasteiger partial charge is 0.0499 e. The zero-order valence-electron chi connectivity index (χ0n) is 10.6. The summed E-state index contributed by atoms with van der Waals surface area (Å²) in [5, 5.41) is 9.62. The van der Waals surface area contributed by atoms with E-state index < -0.39 is 0 Å². The number of nitrogens with zero attached hydrogens (tertiary/aromatic N) is 1. The van der Waals surface area contributed by atoms with Gasteiger partial charge in [-0.2, -0.15) is 0 Å². The van der Waals surface area contributed by atoms with Crippen LogP contribution in [-0.2, 0) is 0 Å². The van der Waals surface area contributed by atoms with Crippen molar-refractivity contribution in [2.45, 2.75) is 58.4 Å². The number of rotatable bonds is 5. The Kier molecular flexibility index (Phi) is 5.07. The van der Waals surface area contributed by atoms with Gasteiger partial charge in [0.05, 0.1) is 0 Å². The standard InChI is InChI=1S/C13H27NO/c1-4-12(2)14(3)10-13(11-15)8-6-5-7-9-13/h12,15H,4-11H2,1-3H3. The molecule has 0 aromatic rings. The van der Waals surface area contributed by atoms with E-state index in [4.69, 9.17) is 0 Å². The minimum atomic E-state index is 0.205. The van der Waals surface area contributed by atoms with E-state index in [-0.39, 0.29) is 5.41 Å². The van der Waals surface area contributed by atoms with Gasteiger partial charge in [-0.15, -0.1) is 0 Å². The minimum Gasteiger partial charge on any atom is -0.396 e. The molecule has 0 saturated heterocycles. The topological polar surface area (TPSA) is 23.5 Å². The van der Waals surface area contributed by atoms with E-state index in [1.807, 2.05) is 0 Å². The number of aliphatic hydroxyl groups is 1. The molecule has 1 unspecified atom stereocenters. The fourth-order valence-electron chi connectivity index (χ4n) is 2.66. The van der Waals surface area contributed by atoms with Crippen molar-refractivity contribution in [1.29, 1.82) is 0 Å². The number of hydrogen-bond acceptors (Lipinski definition) is 2. The van der Waals surface area contributed by atoms with Gasteiger partial charge in [-0.1, -0.05) is 26.2 Å². The van der Waals surface area contributed by atoms with Gasteiger partial charge in [0.15, 0.2) is 0 Å². The van der Waals surface area contributed by atoms with Gasteiger partial charge in [0.2, 0.25) is 0 Å². The Labute approximate surface area is 94.7 Å². The number of hydrogen-bond donors (Lipinski definition) is 1. The summed E-state index contributed by atoms with van der Waals surface area (Å²) >= 11 is 0. The monoisotopic (exact) mass is 213 g/mol. The van der Waals surface area contributed by atoms with E-state index in [0.717, 1.165) is 6.54 Å². The largest absolute Gasteiger partial charge is 0.396 e. The first-order valence-corrected chi connectivity index (χ1v) is 6.44. The third-order valence-electron chi connectivity index (χ3n) is 4.18. The number of aliphatic hydroxyl groups excluding tert-OH is 1. The van der Waals surface area contributed by atoms with Crippen LogP contribution in [0.3, 0.4) is 0 Å². The first kappa shape index (κ1) is 13.0. The molecule has 90 valence electrons. The summed E-state index contributed by atoms with van der Waals surface area (Å²) < 4.78 is 0. The summed E-state index contributed by atoms with van der Waals surface area (Å²) in [5.74, 6) is 0. The van der Waals surface area contributed by atoms with E-state index in [1.54, 1.807) is 0 Å². The minimum absolute atomic E-state index is 0.205. The quantitative estimate of drug-likeness (QED) is 0.759. The van der Waals surface area contributed by atoms with Crippen molar-refractivity contribution in [2.75, 3.05) is 20.2 Å². The van der Waals surface area contributed by atoms with Crippen LogP contribution in [0.2, 0.25) is 0 Å². The molecule has 1 N–H and O–H groups in total. The lowest BCUT2D eigenvalue weighted by Crippen LogP contribution is -2.43. The van der Waals surface area contributed by atoms with Crippen LogP contribution >= 0.6 is 0 Å². The van der Waals surface area contributed by atoms with Crippen LogP contribution in [-0.4, -0.2) is 36.2 Å². The summed E-state index contributed by atoms with van der Waals surface area (Å²) in [5.41, 5.74) is 0.205. The van der Waals surface area contributed by atoms with Crippen molar-refractivity contribution < 1.29 is 5.11 Å². The summed E-state index contributed by atoms with van der Waals surface area (Å²) in [4.78, 5) is 2.42. The molecule has 0 heterocycles. The fraction of sp³-hybridized carbons (Fsp3) is 1.00. The summed E-state index contributed by atoms with van der Waals surface area (Å²) in [6, 6.07) is 0.635. The van der Waals surface area contributed by atoms with Gasteiger partial charge in [0.25, 0.3) is 0 Å². The van der Waals surface area contributed by atoms with Crippen LogP contribution < -0.4 is 0 Å². The molecule has 0 radical (unpaired) electrons. The third-order valence-corrected chi connectivity index (χ3v) is 4.18. The van der Waals surface area contributed by atoms with Crippen LogP contribution in [0.15, 0.2) is 0 Å². The molecule has 0 aromatic heterocycles. The van der Waals surface area contributed by atoms with Crippen molar-refractivity contribution in [1.82, 2.24) is 4.90 Å². The molecular weight excluding hydrogens is 186 g/mol. The molecular formula is C13H27NO. The molecule has 1 saturated carbocycles. The van der Waals surface area contributed by atoms with Gasteiger partial charge in [-0.05, 0) is 33.2 Å². The maximum atomic E-state index is 9.62. The molecule has 15 heavy (non-hydrogen) atoms. The molecule has 1 aliphatic rings. The highest BCUT2D eigenvalue weighted by molar-refractivity contribution is 4.85. The zero-order chi connectivity index (χ0) is 11.3. The van der Waals surface area contributed by atoms with Gasteiger partial charge in [0.1, 0.15) is 0 Å². The molecule has 0 bridgehead atoms. The SMILES string of the molecule is CCC(C)N(C)CC1(CO)CCCCC1. The van der Waals surface area contributed by atoms with Crippen molar-refractivity contribution in [3.05, 3.63) is 0 Å². The lowest BCUT2D eigenvalue weighted by molar-refractivity contribution is 0.0373. The van der Waals surface area contributed by atoms with Crippen LogP contribution in [0.4, 0.5) is 0 Å². The van der Waals surface area contributed by atoms with Crippen molar-refractivity contribution >= 4 is 0 Å². The Balaban J connectivity index is 2.51. The lowest BCUT2D eigenvalue weighted by atomic mass is 9.74. The maximum Gasteiger partial charge on any atom is 0.0499 e. The normalized spacial score (nSPS) is 23.0. The Hall–Kier alpha value is -0.0800. The average molecular weight is 213 g/mol. The molecule has 2 heteroatoms. The highest BCUT2D eigenvalue weighted by Gasteiger charge is 2.33. The highest BCUT2D eigenvalue weighted by atomic mass is 16.3. The predicted octanol–water partition coefficient (Wildman–Crippen LogP) is 2.66. The molecule has 2 nitrogen and oxygen atoms in total. The molecule has 1 aliphatic carbocycles. The first-order valence-electron chi connectivity index (χ1n) is 6.44. The van der Waals surface area contributed by atoms with Crippen molar-refractivity contribution in [3.8, 4) is 0 Å².